The summed E-state index contributed by atoms with van der Waals surface area (Å²) in [5.74, 6) is 0.644. The molecule has 0 aliphatic rings. The number of aliphatic hydroxyl groups excluding tert-OH is 2. The summed E-state index contributed by atoms with van der Waals surface area (Å²) in [7, 11) is 0. The molecule has 0 unspecified atom stereocenters. The molecule has 0 amide bonds. The summed E-state index contributed by atoms with van der Waals surface area (Å²) in [6.07, 6.45) is 1.07. The first-order valence-corrected chi connectivity index (χ1v) is 4.57. The predicted octanol–water partition coefficient (Wildman–Crippen LogP) is 0.364. The molecule has 12 heavy (non-hydrogen) atoms. The normalized spacial score (nSPS) is 14.2. The standard InChI is InChI=1S/C9H21NO2/c1-7(2)4-8(3)10-9(5-11)6-12/h7-12H,4-6H2,1-3H3/t8-/m1/s1. The molecular formula is C9H21NO2. The summed E-state index contributed by atoms with van der Waals surface area (Å²) < 4.78 is 0. The summed E-state index contributed by atoms with van der Waals surface area (Å²) in [6, 6.07) is 0.188. The third-order valence-corrected chi connectivity index (χ3v) is 1.79. The molecule has 0 aliphatic heterocycles. The smallest absolute Gasteiger partial charge is 0.0607 e. The van der Waals surface area contributed by atoms with E-state index in [1.807, 2.05) is 0 Å². The van der Waals surface area contributed by atoms with Crippen LogP contribution < -0.4 is 5.32 Å². The van der Waals surface area contributed by atoms with Crippen molar-refractivity contribution in [2.45, 2.75) is 39.3 Å². The minimum atomic E-state index is -0.168. The van der Waals surface area contributed by atoms with Gasteiger partial charge in [-0.15, -0.1) is 0 Å². The Morgan fingerprint density at radius 1 is 1.08 bits per heavy atom. The molecule has 3 heteroatoms. The molecule has 0 bridgehead atoms. The van der Waals surface area contributed by atoms with Crippen LogP contribution in [0.2, 0.25) is 0 Å². The van der Waals surface area contributed by atoms with Gasteiger partial charge in [0.05, 0.1) is 19.3 Å². The van der Waals surface area contributed by atoms with Crippen molar-refractivity contribution in [3.05, 3.63) is 0 Å². The van der Waals surface area contributed by atoms with Gasteiger partial charge in [-0.25, -0.2) is 0 Å². The van der Waals surface area contributed by atoms with E-state index >= 15 is 0 Å². The zero-order valence-electron chi connectivity index (χ0n) is 8.25. The van der Waals surface area contributed by atoms with Crippen LogP contribution in [0.25, 0.3) is 0 Å². The first-order valence-electron chi connectivity index (χ1n) is 4.57. The van der Waals surface area contributed by atoms with E-state index in [2.05, 4.69) is 26.1 Å². The summed E-state index contributed by atoms with van der Waals surface area (Å²) in [5, 5.41) is 20.7. The van der Waals surface area contributed by atoms with Gasteiger partial charge in [-0.3, -0.25) is 0 Å². The first kappa shape index (κ1) is 11.9. The van der Waals surface area contributed by atoms with E-state index < -0.39 is 0 Å². The van der Waals surface area contributed by atoms with Gasteiger partial charge in [-0.1, -0.05) is 13.8 Å². The third-order valence-electron chi connectivity index (χ3n) is 1.79. The molecular weight excluding hydrogens is 154 g/mol. The molecule has 0 radical (unpaired) electrons. The number of aliphatic hydroxyl groups is 2. The molecule has 0 saturated carbocycles. The molecule has 3 nitrogen and oxygen atoms in total. The summed E-state index contributed by atoms with van der Waals surface area (Å²) in [4.78, 5) is 0. The fourth-order valence-electron chi connectivity index (χ4n) is 1.34. The highest BCUT2D eigenvalue weighted by Crippen LogP contribution is 2.04. The second kappa shape index (κ2) is 6.40. The lowest BCUT2D eigenvalue weighted by Gasteiger charge is -2.21. The minimum Gasteiger partial charge on any atom is -0.395 e. The third kappa shape index (κ3) is 5.52. The largest absolute Gasteiger partial charge is 0.395 e. The van der Waals surface area contributed by atoms with Crippen molar-refractivity contribution in [3.63, 3.8) is 0 Å². The molecule has 0 aromatic carbocycles. The quantitative estimate of drug-likeness (QED) is 0.546. The van der Waals surface area contributed by atoms with Crippen LogP contribution in [0.3, 0.4) is 0 Å². The molecule has 0 saturated heterocycles. The van der Waals surface area contributed by atoms with Gasteiger partial charge in [-0.2, -0.15) is 0 Å². The maximum atomic E-state index is 8.79. The molecule has 0 aromatic heterocycles. The topological polar surface area (TPSA) is 52.5 Å². The molecule has 0 aliphatic carbocycles. The second-order valence-electron chi connectivity index (χ2n) is 3.76. The zero-order valence-corrected chi connectivity index (χ0v) is 8.25. The number of hydrogen-bond acceptors (Lipinski definition) is 3. The van der Waals surface area contributed by atoms with Crippen molar-refractivity contribution >= 4 is 0 Å². The molecule has 0 rings (SSSR count). The molecule has 0 spiro atoms. The van der Waals surface area contributed by atoms with E-state index in [9.17, 15) is 0 Å². The van der Waals surface area contributed by atoms with Crippen LogP contribution in [0.1, 0.15) is 27.2 Å². The second-order valence-corrected chi connectivity index (χ2v) is 3.76. The monoisotopic (exact) mass is 175 g/mol. The van der Waals surface area contributed by atoms with Crippen LogP contribution in [0, 0.1) is 5.92 Å². The average molecular weight is 175 g/mol. The molecule has 0 heterocycles. The fraction of sp³-hybridized carbons (Fsp3) is 1.00. The Bertz CT molecular complexity index is 103. The predicted molar refractivity (Wildman–Crippen MR) is 50.0 cm³/mol. The number of nitrogens with one attached hydrogen (secondary N) is 1. The Balaban J connectivity index is 3.58. The number of rotatable bonds is 6. The first-order chi connectivity index (χ1) is 5.60. The Morgan fingerprint density at radius 2 is 1.58 bits per heavy atom. The van der Waals surface area contributed by atoms with Gasteiger partial charge in [0.2, 0.25) is 0 Å². The number of hydrogen-bond donors (Lipinski definition) is 3. The Morgan fingerprint density at radius 3 is 1.92 bits per heavy atom. The fourth-order valence-corrected chi connectivity index (χ4v) is 1.34. The lowest BCUT2D eigenvalue weighted by atomic mass is 10.0. The molecule has 0 aromatic rings. The van der Waals surface area contributed by atoms with Crippen molar-refractivity contribution in [2.24, 2.45) is 5.92 Å². The molecule has 74 valence electrons. The SMILES string of the molecule is CC(C)C[C@@H](C)NC(CO)CO. The molecule has 0 fully saturated rings. The lowest BCUT2D eigenvalue weighted by molar-refractivity contribution is 0.160. The van der Waals surface area contributed by atoms with E-state index in [0.29, 0.717) is 12.0 Å². The average Bonchev–Trinajstić information content (AvgIpc) is 1.98. The van der Waals surface area contributed by atoms with Crippen molar-refractivity contribution in [2.75, 3.05) is 13.2 Å². The summed E-state index contributed by atoms with van der Waals surface area (Å²) in [5.41, 5.74) is 0. The minimum absolute atomic E-state index is 0.00106. The lowest BCUT2D eigenvalue weighted by Crippen LogP contribution is -2.41. The van der Waals surface area contributed by atoms with Gasteiger partial charge < -0.3 is 15.5 Å². The van der Waals surface area contributed by atoms with Crippen LogP contribution >= 0.6 is 0 Å². The van der Waals surface area contributed by atoms with Gasteiger partial charge in [0.1, 0.15) is 0 Å². The van der Waals surface area contributed by atoms with Crippen molar-refractivity contribution < 1.29 is 10.2 Å². The summed E-state index contributed by atoms with van der Waals surface area (Å²) in [6.45, 7) is 6.38. The molecule has 1 atom stereocenters. The molecule has 3 N–H and O–H groups in total. The van der Waals surface area contributed by atoms with Crippen LogP contribution in [0.15, 0.2) is 0 Å². The highest BCUT2D eigenvalue weighted by atomic mass is 16.3. The summed E-state index contributed by atoms with van der Waals surface area (Å²) >= 11 is 0. The van der Waals surface area contributed by atoms with Crippen molar-refractivity contribution in [3.8, 4) is 0 Å². The zero-order chi connectivity index (χ0) is 9.56. The van der Waals surface area contributed by atoms with Crippen LogP contribution in [-0.4, -0.2) is 35.5 Å². The van der Waals surface area contributed by atoms with E-state index in [1.54, 1.807) is 0 Å². The van der Waals surface area contributed by atoms with Gasteiger partial charge in [0.25, 0.3) is 0 Å². The van der Waals surface area contributed by atoms with Crippen molar-refractivity contribution in [1.29, 1.82) is 0 Å². The Hall–Kier alpha value is -0.120. The van der Waals surface area contributed by atoms with Gasteiger partial charge in [0.15, 0.2) is 0 Å². The van der Waals surface area contributed by atoms with Crippen LogP contribution in [-0.2, 0) is 0 Å². The van der Waals surface area contributed by atoms with Crippen molar-refractivity contribution in [1.82, 2.24) is 5.32 Å². The van der Waals surface area contributed by atoms with Gasteiger partial charge in [0, 0.05) is 6.04 Å². The highest BCUT2D eigenvalue weighted by Gasteiger charge is 2.10. The van der Waals surface area contributed by atoms with E-state index in [0.717, 1.165) is 6.42 Å². The van der Waals surface area contributed by atoms with Gasteiger partial charge >= 0.3 is 0 Å². The highest BCUT2D eigenvalue weighted by molar-refractivity contribution is 4.70. The Labute approximate surface area is 74.8 Å². The van der Waals surface area contributed by atoms with E-state index in [4.69, 9.17) is 10.2 Å². The van der Waals surface area contributed by atoms with Gasteiger partial charge in [-0.05, 0) is 19.3 Å². The maximum absolute atomic E-state index is 8.79. The maximum Gasteiger partial charge on any atom is 0.0607 e. The van der Waals surface area contributed by atoms with Crippen LogP contribution in [0.4, 0.5) is 0 Å². The van der Waals surface area contributed by atoms with E-state index in [1.165, 1.54) is 0 Å². The Kier molecular flexibility index (Phi) is 6.34. The van der Waals surface area contributed by atoms with Crippen LogP contribution in [0.5, 0.6) is 0 Å². The van der Waals surface area contributed by atoms with E-state index in [-0.39, 0.29) is 19.3 Å².